The number of hydrogen-bond acceptors (Lipinski definition) is 6. The fourth-order valence-corrected chi connectivity index (χ4v) is 6.35. The van der Waals surface area contributed by atoms with Gasteiger partial charge in [0.05, 0.1) is 0 Å². The molecule has 0 fully saturated rings. The molecule has 8 heteroatoms. The molecule has 0 saturated heterocycles. The Bertz CT molecular complexity index is 1910. The minimum atomic E-state index is -1.13. The minimum absolute atomic E-state index is 0.0781. The second kappa shape index (κ2) is 13.0. The van der Waals surface area contributed by atoms with Crippen LogP contribution < -0.4 is 5.32 Å². The van der Waals surface area contributed by atoms with E-state index >= 15 is 0 Å². The number of thioether (sulfide) groups is 1. The number of alkyl carbamates (subject to hydrolysis) is 1. The van der Waals surface area contributed by atoms with E-state index < -0.39 is 23.7 Å². The van der Waals surface area contributed by atoms with Crippen molar-refractivity contribution in [2.75, 3.05) is 5.75 Å². The van der Waals surface area contributed by atoms with Gasteiger partial charge in [0.1, 0.15) is 22.8 Å². The van der Waals surface area contributed by atoms with E-state index in [1.165, 1.54) is 11.8 Å². The number of hydrogen-bond donors (Lipinski definition) is 2. The number of ketones is 1. The fraction of sp³-hybridized carbons (Fsp3) is 0.289. The standard InChI is InChI=1S/C38H39NO6S/c1-37(2,3)30-20-25(18-19-26(30)28-11-9-12-29-27-10-7-8-13-32(27)44-34(28)29)33(40)24-16-14-23(15-17-24)21-46-22-31(35(41)42)39-36(43)45-38(4,5)6/h7-20,31H,21-22H2,1-6H3,(H,39,43)(H,41,42). The highest BCUT2D eigenvalue weighted by Gasteiger charge is 2.25. The third-order valence-electron chi connectivity index (χ3n) is 7.54. The summed E-state index contributed by atoms with van der Waals surface area (Å²) in [5.41, 5.74) is 5.88. The largest absolute Gasteiger partial charge is 0.480 e. The summed E-state index contributed by atoms with van der Waals surface area (Å²) in [6, 6.07) is 26.4. The molecule has 46 heavy (non-hydrogen) atoms. The summed E-state index contributed by atoms with van der Waals surface area (Å²) in [4.78, 5) is 37.3. The lowest BCUT2D eigenvalue weighted by Gasteiger charge is -2.24. The molecule has 0 spiro atoms. The number of aliphatic carboxylic acids is 1. The summed E-state index contributed by atoms with van der Waals surface area (Å²) in [6.07, 6.45) is -0.766. The van der Waals surface area contributed by atoms with Crippen LogP contribution in [0.5, 0.6) is 0 Å². The summed E-state index contributed by atoms with van der Waals surface area (Å²) < 4.78 is 11.5. The van der Waals surface area contributed by atoms with Gasteiger partial charge in [-0.3, -0.25) is 4.79 Å². The molecular weight excluding hydrogens is 598 g/mol. The predicted octanol–water partition coefficient (Wildman–Crippen LogP) is 8.99. The SMILES string of the molecule is CC(C)(C)OC(=O)NC(CSCc1ccc(C(=O)c2ccc(-c3cccc4c3oc3ccccc34)c(C(C)(C)C)c2)cc1)C(=O)O. The Balaban J connectivity index is 1.32. The number of benzene rings is 4. The highest BCUT2D eigenvalue weighted by atomic mass is 32.2. The highest BCUT2D eigenvalue weighted by Crippen LogP contribution is 2.40. The average Bonchev–Trinajstić information content (AvgIpc) is 3.38. The van der Waals surface area contributed by atoms with Gasteiger partial charge in [-0.2, -0.15) is 11.8 Å². The van der Waals surface area contributed by atoms with Crippen LogP contribution >= 0.6 is 11.8 Å². The molecule has 1 atom stereocenters. The van der Waals surface area contributed by atoms with E-state index in [1.807, 2.05) is 54.6 Å². The first-order valence-corrected chi connectivity index (χ1v) is 16.4. The molecule has 2 N–H and O–H groups in total. The van der Waals surface area contributed by atoms with Crippen LogP contribution in [-0.2, 0) is 20.7 Å². The van der Waals surface area contributed by atoms with E-state index in [4.69, 9.17) is 9.15 Å². The number of carboxylic acids is 1. The summed E-state index contributed by atoms with van der Waals surface area (Å²) in [6.45, 7) is 11.6. The Labute approximate surface area is 273 Å². The molecule has 0 aliphatic rings. The number of carbonyl (C=O) groups excluding carboxylic acids is 2. The first-order valence-electron chi connectivity index (χ1n) is 15.2. The Kier molecular flexibility index (Phi) is 9.31. The number of ether oxygens (including phenoxy) is 1. The molecule has 0 aliphatic heterocycles. The zero-order valence-corrected chi connectivity index (χ0v) is 27.8. The monoisotopic (exact) mass is 637 g/mol. The molecular formula is C38H39NO6S. The van der Waals surface area contributed by atoms with Crippen molar-refractivity contribution < 1.29 is 28.6 Å². The van der Waals surface area contributed by atoms with Crippen molar-refractivity contribution in [1.29, 1.82) is 0 Å². The molecule has 7 nitrogen and oxygen atoms in total. The Morgan fingerprint density at radius 1 is 0.826 bits per heavy atom. The molecule has 5 aromatic rings. The first-order chi connectivity index (χ1) is 21.7. The van der Waals surface area contributed by atoms with Gasteiger partial charge in [-0.1, -0.05) is 93.6 Å². The molecule has 1 unspecified atom stereocenters. The van der Waals surface area contributed by atoms with E-state index in [2.05, 4.69) is 44.3 Å². The first kappa shape index (κ1) is 32.8. The lowest BCUT2D eigenvalue weighted by Crippen LogP contribution is -2.44. The van der Waals surface area contributed by atoms with Crippen LogP contribution in [0, 0.1) is 0 Å². The maximum Gasteiger partial charge on any atom is 0.408 e. The van der Waals surface area contributed by atoms with Crippen molar-refractivity contribution in [3.05, 3.63) is 107 Å². The van der Waals surface area contributed by atoms with Crippen LogP contribution in [0.1, 0.15) is 68.6 Å². The lowest BCUT2D eigenvalue weighted by atomic mass is 9.80. The van der Waals surface area contributed by atoms with Crippen molar-refractivity contribution in [1.82, 2.24) is 5.32 Å². The Hall–Kier alpha value is -4.56. The van der Waals surface area contributed by atoms with Crippen LogP contribution in [0.2, 0.25) is 0 Å². The van der Waals surface area contributed by atoms with E-state index in [0.717, 1.165) is 44.2 Å². The van der Waals surface area contributed by atoms with Gasteiger partial charge in [-0.25, -0.2) is 9.59 Å². The van der Waals surface area contributed by atoms with Gasteiger partial charge in [-0.05, 0) is 55.0 Å². The summed E-state index contributed by atoms with van der Waals surface area (Å²) in [5, 5.41) is 14.1. The summed E-state index contributed by atoms with van der Waals surface area (Å²) >= 11 is 1.38. The van der Waals surface area contributed by atoms with Crippen molar-refractivity contribution >= 4 is 51.5 Å². The van der Waals surface area contributed by atoms with Gasteiger partial charge in [0, 0.05) is 39.0 Å². The van der Waals surface area contributed by atoms with E-state index in [0.29, 0.717) is 16.9 Å². The smallest absolute Gasteiger partial charge is 0.408 e. The Morgan fingerprint density at radius 3 is 2.17 bits per heavy atom. The van der Waals surface area contributed by atoms with Gasteiger partial charge in [0.25, 0.3) is 0 Å². The zero-order chi connectivity index (χ0) is 33.2. The number of rotatable bonds is 9. The Morgan fingerprint density at radius 2 is 1.50 bits per heavy atom. The molecule has 1 heterocycles. The molecule has 0 radical (unpaired) electrons. The molecule has 1 aromatic heterocycles. The number of fused-ring (bicyclic) bond motifs is 3. The predicted molar refractivity (Wildman–Crippen MR) is 185 cm³/mol. The van der Waals surface area contributed by atoms with Crippen molar-refractivity contribution in [2.45, 2.75) is 64.4 Å². The number of carbonyl (C=O) groups is 3. The van der Waals surface area contributed by atoms with Crippen molar-refractivity contribution in [3.63, 3.8) is 0 Å². The van der Waals surface area contributed by atoms with Gasteiger partial charge >= 0.3 is 12.1 Å². The van der Waals surface area contributed by atoms with E-state index in [-0.39, 0.29) is 17.0 Å². The molecule has 0 saturated carbocycles. The number of carboxylic acid groups (broad SMARTS) is 1. The molecule has 1 amide bonds. The lowest BCUT2D eigenvalue weighted by molar-refractivity contribution is -0.138. The topological polar surface area (TPSA) is 106 Å². The van der Waals surface area contributed by atoms with Gasteiger partial charge in [-0.15, -0.1) is 0 Å². The van der Waals surface area contributed by atoms with Crippen molar-refractivity contribution in [3.8, 4) is 11.1 Å². The second-order valence-electron chi connectivity index (χ2n) is 13.4. The molecule has 5 rings (SSSR count). The number of nitrogens with one attached hydrogen (secondary N) is 1. The molecule has 238 valence electrons. The van der Waals surface area contributed by atoms with Gasteiger partial charge in [0.15, 0.2) is 5.78 Å². The van der Waals surface area contributed by atoms with Crippen LogP contribution in [0.25, 0.3) is 33.1 Å². The number of furan rings is 1. The minimum Gasteiger partial charge on any atom is -0.480 e. The maximum absolute atomic E-state index is 13.7. The van der Waals surface area contributed by atoms with Gasteiger partial charge < -0.3 is 19.6 Å². The van der Waals surface area contributed by atoms with Crippen LogP contribution in [0.15, 0.2) is 89.3 Å². The fourth-order valence-electron chi connectivity index (χ4n) is 5.34. The molecule has 0 aliphatic carbocycles. The van der Waals surface area contributed by atoms with Gasteiger partial charge in [0.2, 0.25) is 0 Å². The van der Waals surface area contributed by atoms with Crippen molar-refractivity contribution in [2.24, 2.45) is 0 Å². The van der Waals surface area contributed by atoms with Crippen LogP contribution in [0.4, 0.5) is 4.79 Å². The number of para-hydroxylation sites is 2. The summed E-state index contributed by atoms with van der Waals surface area (Å²) in [7, 11) is 0. The normalized spacial score (nSPS) is 12.7. The number of amides is 1. The zero-order valence-electron chi connectivity index (χ0n) is 27.0. The average molecular weight is 638 g/mol. The molecule has 0 bridgehead atoms. The molecule has 4 aromatic carbocycles. The van der Waals surface area contributed by atoms with Crippen LogP contribution in [-0.4, -0.2) is 40.3 Å². The van der Waals surface area contributed by atoms with E-state index in [9.17, 15) is 19.5 Å². The summed E-state index contributed by atoms with van der Waals surface area (Å²) in [5.74, 6) is -0.524. The quantitative estimate of drug-likeness (QED) is 0.155. The maximum atomic E-state index is 13.7. The third-order valence-corrected chi connectivity index (χ3v) is 8.65. The second-order valence-corrected chi connectivity index (χ2v) is 14.4. The van der Waals surface area contributed by atoms with E-state index in [1.54, 1.807) is 32.9 Å². The highest BCUT2D eigenvalue weighted by molar-refractivity contribution is 7.98. The third kappa shape index (κ3) is 7.45. The van der Waals surface area contributed by atoms with Crippen LogP contribution in [0.3, 0.4) is 0 Å².